The number of phenolic OH excluding ortho intramolecular Hbond substituents is 2. The van der Waals surface area contributed by atoms with Crippen molar-refractivity contribution in [2.75, 3.05) is 6.61 Å². The molecular formula is C20H19NO8. The number of carbonyl (C=O) groups is 3. The van der Waals surface area contributed by atoms with Crippen LogP contribution in [-0.4, -0.2) is 40.7 Å². The molecule has 2 aromatic rings. The Labute approximate surface area is 165 Å². The fourth-order valence-electron chi connectivity index (χ4n) is 2.78. The van der Waals surface area contributed by atoms with Crippen LogP contribution in [0.1, 0.15) is 35.9 Å². The Kier molecular flexibility index (Phi) is 5.58. The van der Waals surface area contributed by atoms with Crippen LogP contribution in [0.2, 0.25) is 0 Å². The summed E-state index contributed by atoms with van der Waals surface area (Å²) in [6.45, 7) is 2.11. The molecule has 0 saturated heterocycles. The predicted molar refractivity (Wildman–Crippen MR) is 98.8 cm³/mol. The van der Waals surface area contributed by atoms with Crippen LogP contribution in [-0.2, 0) is 14.3 Å². The topological polar surface area (TPSA) is 131 Å². The first kappa shape index (κ1) is 20.0. The summed E-state index contributed by atoms with van der Waals surface area (Å²) in [4.78, 5) is 34.6. The fraction of sp³-hybridized carbons (Fsp3) is 0.250. The predicted octanol–water partition coefficient (Wildman–Crippen LogP) is 1.82. The van der Waals surface area contributed by atoms with Crippen molar-refractivity contribution >= 4 is 17.7 Å². The molecule has 0 aromatic heterocycles. The van der Waals surface area contributed by atoms with Gasteiger partial charge in [-0.3, -0.25) is 14.4 Å². The van der Waals surface area contributed by atoms with Crippen molar-refractivity contribution < 1.29 is 38.8 Å². The molecule has 3 rings (SSSR count). The molecule has 1 amide bonds. The van der Waals surface area contributed by atoms with Gasteiger partial charge in [0.1, 0.15) is 0 Å². The highest BCUT2D eigenvalue weighted by atomic mass is 16.6. The van der Waals surface area contributed by atoms with Gasteiger partial charge in [-0.1, -0.05) is 6.07 Å². The molecule has 0 aliphatic carbocycles. The van der Waals surface area contributed by atoms with Gasteiger partial charge in [0, 0.05) is 25.0 Å². The van der Waals surface area contributed by atoms with Crippen LogP contribution in [0.15, 0.2) is 36.4 Å². The molecule has 0 unspecified atom stereocenters. The molecular weight excluding hydrogens is 382 g/mol. The van der Waals surface area contributed by atoms with E-state index in [1.54, 1.807) is 0 Å². The summed E-state index contributed by atoms with van der Waals surface area (Å²) in [7, 11) is 0. The number of carbonyl (C=O) groups excluding carboxylic acids is 3. The molecule has 0 fully saturated rings. The van der Waals surface area contributed by atoms with Crippen LogP contribution >= 0.6 is 0 Å². The van der Waals surface area contributed by atoms with E-state index in [9.17, 15) is 24.6 Å². The van der Waals surface area contributed by atoms with E-state index in [0.29, 0.717) is 11.3 Å². The third-order valence-corrected chi connectivity index (χ3v) is 4.13. The molecule has 0 saturated carbocycles. The number of fused-ring (bicyclic) bond motifs is 1. The fourth-order valence-corrected chi connectivity index (χ4v) is 2.78. The van der Waals surface area contributed by atoms with Crippen LogP contribution in [0.25, 0.3) is 0 Å². The number of benzene rings is 2. The first-order chi connectivity index (χ1) is 13.7. The lowest BCUT2D eigenvalue weighted by Crippen LogP contribution is -2.46. The van der Waals surface area contributed by atoms with E-state index >= 15 is 0 Å². The van der Waals surface area contributed by atoms with E-state index in [2.05, 4.69) is 5.32 Å². The molecule has 3 N–H and O–H groups in total. The highest BCUT2D eigenvalue weighted by Crippen LogP contribution is 2.41. The standard InChI is InChI=1S/C20H19NO8/c1-10(22)21-20-19(13-3-5-14(24)15(25)7-13)28-17-6-4-12(8-18(17)29-20)16(26)9-27-11(2)23/h3-8,19-20,24-25H,9H2,1-2H3,(H,21,22)/t19-,20+/m1/s1. The summed E-state index contributed by atoms with van der Waals surface area (Å²) in [6, 6.07) is 8.58. The van der Waals surface area contributed by atoms with E-state index in [-0.39, 0.29) is 28.7 Å². The van der Waals surface area contributed by atoms with Gasteiger partial charge in [-0.25, -0.2) is 0 Å². The zero-order valence-electron chi connectivity index (χ0n) is 15.7. The lowest BCUT2D eigenvalue weighted by molar-refractivity contribution is -0.139. The maximum Gasteiger partial charge on any atom is 0.303 e. The number of esters is 1. The molecule has 2 atom stereocenters. The first-order valence-corrected chi connectivity index (χ1v) is 8.67. The molecule has 9 heteroatoms. The molecule has 0 bridgehead atoms. The second-order valence-corrected chi connectivity index (χ2v) is 6.39. The third kappa shape index (κ3) is 4.57. The van der Waals surface area contributed by atoms with Crippen molar-refractivity contribution in [3.63, 3.8) is 0 Å². The normalized spacial score (nSPS) is 17.3. The van der Waals surface area contributed by atoms with Crippen molar-refractivity contribution in [3.05, 3.63) is 47.5 Å². The van der Waals surface area contributed by atoms with Gasteiger partial charge >= 0.3 is 5.97 Å². The number of aromatic hydroxyl groups is 2. The number of Topliss-reactive ketones (excluding diaryl/α,β-unsaturated/α-hetero) is 1. The van der Waals surface area contributed by atoms with Gasteiger partial charge in [-0.15, -0.1) is 0 Å². The number of rotatable bonds is 5. The Balaban J connectivity index is 1.90. The van der Waals surface area contributed by atoms with Crippen LogP contribution in [0.3, 0.4) is 0 Å². The smallest absolute Gasteiger partial charge is 0.303 e. The van der Waals surface area contributed by atoms with E-state index in [4.69, 9.17) is 14.2 Å². The average molecular weight is 401 g/mol. The van der Waals surface area contributed by atoms with Gasteiger partial charge in [0.2, 0.25) is 12.1 Å². The largest absolute Gasteiger partial charge is 0.504 e. The van der Waals surface area contributed by atoms with Gasteiger partial charge in [0.15, 0.2) is 41.5 Å². The summed E-state index contributed by atoms with van der Waals surface area (Å²) in [5.41, 5.74) is 0.704. The van der Waals surface area contributed by atoms with Crippen LogP contribution in [0.4, 0.5) is 0 Å². The number of ether oxygens (including phenoxy) is 3. The number of phenols is 2. The zero-order valence-corrected chi connectivity index (χ0v) is 15.7. The van der Waals surface area contributed by atoms with Gasteiger partial charge in [-0.2, -0.15) is 0 Å². The van der Waals surface area contributed by atoms with E-state index < -0.39 is 30.7 Å². The van der Waals surface area contributed by atoms with E-state index in [0.717, 1.165) is 0 Å². The van der Waals surface area contributed by atoms with E-state index in [1.165, 1.54) is 50.2 Å². The monoisotopic (exact) mass is 401 g/mol. The highest BCUT2D eigenvalue weighted by molar-refractivity contribution is 5.98. The molecule has 29 heavy (non-hydrogen) atoms. The minimum atomic E-state index is -0.956. The maximum atomic E-state index is 12.2. The lowest BCUT2D eigenvalue weighted by atomic mass is 10.0. The quantitative estimate of drug-likeness (QED) is 0.393. The molecule has 1 aliphatic rings. The van der Waals surface area contributed by atoms with Crippen molar-refractivity contribution in [1.29, 1.82) is 0 Å². The van der Waals surface area contributed by atoms with Gasteiger partial charge in [-0.05, 0) is 30.3 Å². The van der Waals surface area contributed by atoms with Crippen LogP contribution in [0.5, 0.6) is 23.0 Å². The number of amides is 1. The number of ketones is 1. The zero-order chi connectivity index (χ0) is 21.1. The highest BCUT2D eigenvalue weighted by Gasteiger charge is 2.34. The van der Waals surface area contributed by atoms with Crippen molar-refractivity contribution in [2.24, 2.45) is 0 Å². The van der Waals surface area contributed by atoms with Crippen molar-refractivity contribution in [2.45, 2.75) is 26.2 Å². The summed E-state index contributed by atoms with van der Waals surface area (Å²) < 4.78 is 16.5. The third-order valence-electron chi connectivity index (χ3n) is 4.13. The Morgan fingerprint density at radius 2 is 1.76 bits per heavy atom. The Bertz CT molecular complexity index is 971. The minimum absolute atomic E-state index is 0.219. The molecule has 0 spiro atoms. The number of hydrogen-bond acceptors (Lipinski definition) is 8. The van der Waals surface area contributed by atoms with Crippen molar-refractivity contribution in [1.82, 2.24) is 5.32 Å². The van der Waals surface area contributed by atoms with E-state index in [1.807, 2.05) is 0 Å². The second-order valence-electron chi connectivity index (χ2n) is 6.39. The van der Waals surface area contributed by atoms with Gasteiger partial charge < -0.3 is 29.7 Å². The minimum Gasteiger partial charge on any atom is -0.504 e. The lowest BCUT2D eigenvalue weighted by Gasteiger charge is -2.34. The molecule has 1 heterocycles. The maximum absolute atomic E-state index is 12.2. The second kappa shape index (κ2) is 8.09. The molecule has 0 radical (unpaired) electrons. The van der Waals surface area contributed by atoms with Crippen molar-refractivity contribution in [3.8, 4) is 23.0 Å². The Morgan fingerprint density at radius 1 is 1.00 bits per heavy atom. The molecule has 2 aromatic carbocycles. The average Bonchev–Trinajstić information content (AvgIpc) is 2.66. The summed E-state index contributed by atoms with van der Waals surface area (Å²) in [5, 5.41) is 21.9. The van der Waals surface area contributed by atoms with Gasteiger partial charge in [0.25, 0.3) is 0 Å². The SMILES string of the molecule is CC(=O)N[C@H]1Oc2cc(C(=O)COC(C)=O)ccc2O[C@@H]1c1ccc(O)c(O)c1. The summed E-state index contributed by atoms with van der Waals surface area (Å²) in [5.74, 6) is -1.47. The summed E-state index contributed by atoms with van der Waals surface area (Å²) in [6.07, 6.45) is -1.77. The van der Waals surface area contributed by atoms with Crippen LogP contribution < -0.4 is 14.8 Å². The molecule has 9 nitrogen and oxygen atoms in total. The Morgan fingerprint density at radius 3 is 2.41 bits per heavy atom. The Hall–Kier alpha value is -3.75. The number of hydrogen-bond donors (Lipinski definition) is 3. The molecule has 152 valence electrons. The number of nitrogens with one attached hydrogen (secondary N) is 1. The van der Waals surface area contributed by atoms with Crippen LogP contribution in [0, 0.1) is 0 Å². The molecule has 1 aliphatic heterocycles. The summed E-state index contributed by atoms with van der Waals surface area (Å²) >= 11 is 0. The van der Waals surface area contributed by atoms with Gasteiger partial charge in [0.05, 0.1) is 0 Å². The first-order valence-electron chi connectivity index (χ1n) is 8.67.